The largest absolute Gasteiger partial charge is 0.507 e. The molecule has 0 bridgehead atoms. The first kappa shape index (κ1) is 16.4. The number of rotatable bonds is 3. The van der Waals surface area contributed by atoms with Gasteiger partial charge in [-0.2, -0.15) is 8.42 Å². The van der Waals surface area contributed by atoms with E-state index in [9.17, 15) is 13.5 Å². The molecule has 0 atom stereocenters. The third-order valence-electron chi connectivity index (χ3n) is 4.40. The van der Waals surface area contributed by atoms with Crippen LogP contribution in [0.3, 0.4) is 0 Å². The van der Waals surface area contributed by atoms with Crippen molar-refractivity contribution in [3.63, 3.8) is 0 Å². The highest BCUT2D eigenvalue weighted by atomic mass is 32.2. The molecule has 0 fully saturated rings. The zero-order valence-electron chi connectivity index (χ0n) is 14.0. The number of fused-ring (bicyclic) bond motifs is 2. The van der Waals surface area contributed by atoms with E-state index >= 15 is 0 Å². The molecule has 0 spiro atoms. The Kier molecular flexibility index (Phi) is 3.81. The van der Waals surface area contributed by atoms with Crippen molar-refractivity contribution < 1.29 is 17.7 Å². The van der Waals surface area contributed by atoms with Crippen LogP contribution in [0.25, 0.3) is 21.5 Å². The molecular formula is C21H16O4S. The van der Waals surface area contributed by atoms with E-state index in [1.54, 1.807) is 24.3 Å². The van der Waals surface area contributed by atoms with Crippen LogP contribution >= 0.6 is 0 Å². The van der Waals surface area contributed by atoms with Gasteiger partial charge in [0, 0.05) is 16.2 Å². The topological polar surface area (TPSA) is 63.6 Å². The lowest BCUT2D eigenvalue weighted by Gasteiger charge is -2.14. The molecule has 0 aliphatic heterocycles. The minimum atomic E-state index is -4.08. The Morgan fingerprint density at radius 3 is 2.19 bits per heavy atom. The number of phenols is 1. The summed E-state index contributed by atoms with van der Waals surface area (Å²) in [7, 11) is -4.08. The zero-order valence-corrected chi connectivity index (χ0v) is 14.8. The zero-order chi connectivity index (χ0) is 18.3. The summed E-state index contributed by atoms with van der Waals surface area (Å²) < 4.78 is 31.6. The molecule has 4 aromatic carbocycles. The summed E-state index contributed by atoms with van der Waals surface area (Å²) in [6.07, 6.45) is 0. The summed E-state index contributed by atoms with van der Waals surface area (Å²) in [5.41, 5.74) is 0.732. The molecule has 130 valence electrons. The fourth-order valence-corrected chi connectivity index (χ4v) is 4.30. The maximum atomic E-state index is 13.0. The van der Waals surface area contributed by atoms with E-state index in [-0.39, 0.29) is 10.6 Å². The third-order valence-corrected chi connectivity index (χ3v) is 5.68. The highest BCUT2D eigenvalue weighted by Gasteiger charge is 2.22. The van der Waals surface area contributed by atoms with Gasteiger partial charge in [0.05, 0.1) is 0 Å². The normalized spacial score (nSPS) is 11.7. The van der Waals surface area contributed by atoms with Crippen LogP contribution in [0, 0.1) is 6.92 Å². The van der Waals surface area contributed by atoms with E-state index < -0.39 is 10.1 Å². The summed E-state index contributed by atoms with van der Waals surface area (Å²) >= 11 is 0. The number of aryl methyl sites for hydroxylation is 1. The molecule has 26 heavy (non-hydrogen) atoms. The van der Waals surface area contributed by atoms with Crippen LogP contribution in [-0.2, 0) is 10.1 Å². The Bertz CT molecular complexity index is 1240. The first-order valence-corrected chi connectivity index (χ1v) is 9.52. The van der Waals surface area contributed by atoms with Crippen molar-refractivity contribution in [2.45, 2.75) is 11.8 Å². The Labute approximate surface area is 151 Å². The molecule has 0 saturated carbocycles. The summed E-state index contributed by atoms with van der Waals surface area (Å²) in [6, 6.07) is 20.8. The van der Waals surface area contributed by atoms with E-state index in [1.807, 2.05) is 43.3 Å². The molecule has 4 aromatic rings. The summed E-state index contributed by atoms with van der Waals surface area (Å²) in [5.74, 6) is 0.348. The number of phenolic OH excluding ortho intramolecular Hbond substituents is 1. The molecule has 4 rings (SSSR count). The average Bonchev–Trinajstić information content (AvgIpc) is 2.64. The van der Waals surface area contributed by atoms with Crippen LogP contribution in [0.15, 0.2) is 77.7 Å². The van der Waals surface area contributed by atoms with Gasteiger partial charge in [0.1, 0.15) is 10.6 Å². The minimum absolute atomic E-state index is 0.0261. The molecule has 0 radical (unpaired) electrons. The molecule has 0 saturated heterocycles. The second-order valence-corrected chi connectivity index (χ2v) is 7.61. The lowest BCUT2D eigenvalue weighted by atomic mass is 10.1. The fourth-order valence-electron chi connectivity index (χ4n) is 3.09. The second-order valence-electron chi connectivity index (χ2n) is 6.10. The molecule has 5 heteroatoms. The van der Waals surface area contributed by atoms with E-state index in [0.29, 0.717) is 16.5 Å². The first-order valence-electron chi connectivity index (χ1n) is 8.11. The number of hydrogen-bond acceptors (Lipinski definition) is 4. The van der Waals surface area contributed by atoms with Crippen molar-refractivity contribution in [3.05, 3.63) is 78.4 Å². The molecule has 0 aliphatic carbocycles. The SMILES string of the molecule is Cc1ccc2ccccc2c1OS(=O)(=O)c1ccc(O)c2ccccc12. The molecule has 0 amide bonds. The van der Waals surface area contributed by atoms with Gasteiger partial charge in [0.25, 0.3) is 0 Å². The van der Waals surface area contributed by atoms with Crippen molar-refractivity contribution >= 4 is 31.7 Å². The van der Waals surface area contributed by atoms with Crippen LogP contribution in [0.2, 0.25) is 0 Å². The average molecular weight is 364 g/mol. The Balaban J connectivity index is 1.91. The molecule has 0 aliphatic rings. The van der Waals surface area contributed by atoms with Crippen LogP contribution < -0.4 is 4.18 Å². The first-order chi connectivity index (χ1) is 12.5. The van der Waals surface area contributed by atoms with Crippen LogP contribution in [0.5, 0.6) is 11.5 Å². The highest BCUT2D eigenvalue weighted by molar-refractivity contribution is 7.87. The van der Waals surface area contributed by atoms with Crippen molar-refractivity contribution in [2.24, 2.45) is 0 Å². The summed E-state index contributed by atoms with van der Waals surface area (Å²) in [6.45, 7) is 1.81. The number of benzene rings is 4. The van der Waals surface area contributed by atoms with Gasteiger partial charge in [-0.15, -0.1) is 0 Å². The van der Waals surface area contributed by atoms with Crippen LogP contribution in [-0.4, -0.2) is 13.5 Å². The minimum Gasteiger partial charge on any atom is -0.507 e. The van der Waals surface area contributed by atoms with Gasteiger partial charge in [-0.25, -0.2) is 0 Å². The molecule has 0 aromatic heterocycles. The quantitative estimate of drug-likeness (QED) is 0.532. The van der Waals surface area contributed by atoms with Gasteiger partial charge in [-0.3, -0.25) is 0 Å². The maximum absolute atomic E-state index is 13.0. The smallest absolute Gasteiger partial charge is 0.339 e. The summed E-state index contributed by atoms with van der Waals surface area (Å²) in [5, 5.41) is 12.5. The van der Waals surface area contributed by atoms with Crippen molar-refractivity contribution in [1.29, 1.82) is 0 Å². The van der Waals surface area contributed by atoms with Crippen LogP contribution in [0.1, 0.15) is 5.56 Å². The third kappa shape index (κ3) is 2.66. The monoisotopic (exact) mass is 364 g/mol. The van der Waals surface area contributed by atoms with E-state index in [4.69, 9.17) is 4.18 Å². The van der Waals surface area contributed by atoms with Gasteiger partial charge in [-0.05, 0) is 30.0 Å². The lowest BCUT2D eigenvalue weighted by molar-refractivity contribution is 0.480. The second kappa shape index (κ2) is 6.04. The predicted octanol–water partition coefficient (Wildman–Crippen LogP) is 4.77. The maximum Gasteiger partial charge on any atom is 0.339 e. The molecular weight excluding hydrogens is 348 g/mol. The molecule has 1 N–H and O–H groups in total. The van der Waals surface area contributed by atoms with Gasteiger partial charge in [0.15, 0.2) is 5.75 Å². The molecule has 4 nitrogen and oxygen atoms in total. The summed E-state index contributed by atoms with van der Waals surface area (Å²) in [4.78, 5) is 0.0261. The van der Waals surface area contributed by atoms with Crippen molar-refractivity contribution in [1.82, 2.24) is 0 Å². The van der Waals surface area contributed by atoms with Gasteiger partial charge in [-0.1, -0.05) is 60.7 Å². The van der Waals surface area contributed by atoms with Crippen molar-refractivity contribution in [3.8, 4) is 11.5 Å². The van der Waals surface area contributed by atoms with Gasteiger partial charge >= 0.3 is 10.1 Å². The Hall–Kier alpha value is -3.05. The van der Waals surface area contributed by atoms with Crippen LogP contribution in [0.4, 0.5) is 0 Å². The van der Waals surface area contributed by atoms with Crippen molar-refractivity contribution in [2.75, 3.05) is 0 Å². The molecule has 0 unspecified atom stereocenters. The lowest BCUT2D eigenvalue weighted by Crippen LogP contribution is -2.11. The van der Waals surface area contributed by atoms with E-state index in [2.05, 4.69) is 0 Å². The highest BCUT2D eigenvalue weighted by Crippen LogP contribution is 2.35. The number of aromatic hydroxyl groups is 1. The standard InChI is InChI=1S/C21H16O4S/c1-14-10-11-15-6-2-3-7-16(15)21(14)25-26(23,24)20-13-12-19(22)17-8-4-5-9-18(17)20/h2-13,22H,1H3. The van der Waals surface area contributed by atoms with Gasteiger partial charge < -0.3 is 9.29 Å². The number of hydrogen-bond donors (Lipinski definition) is 1. The van der Waals surface area contributed by atoms with E-state index in [1.165, 1.54) is 12.1 Å². The fraction of sp³-hybridized carbons (Fsp3) is 0.0476. The van der Waals surface area contributed by atoms with E-state index in [0.717, 1.165) is 16.3 Å². The Morgan fingerprint density at radius 1 is 0.769 bits per heavy atom. The Morgan fingerprint density at radius 2 is 1.42 bits per heavy atom. The van der Waals surface area contributed by atoms with Gasteiger partial charge in [0.2, 0.25) is 0 Å². The predicted molar refractivity (Wildman–Crippen MR) is 102 cm³/mol. The molecule has 0 heterocycles.